The first-order valence-corrected chi connectivity index (χ1v) is 14.5. The van der Waals surface area contributed by atoms with E-state index in [0.717, 1.165) is 6.42 Å². The first kappa shape index (κ1) is 24.0. The summed E-state index contributed by atoms with van der Waals surface area (Å²) in [6, 6.07) is 51.3. The summed E-state index contributed by atoms with van der Waals surface area (Å²) in [4.78, 5) is 0. The van der Waals surface area contributed by atoms with E-state index in [9.17, 15) is 0 Å². The van der Waals surface area contributed by atoms with Gasteiger partial charge in [-0.05, 0) is 75.2 Å². The molecule has 0 N–H and O–H groups in total. The second kappa shape index (κ2) is 9.08. The Balaban J connectivity index is 1.17. The highest BCUT2D eigenvalue weighted by atomic mass is 15.0. The largest absolute Gasteiger partial charge is 0.309 e. The molecule has 6 aromatic carbocycles. The standard InChI is InChI=1S/C40H31N/c1-40(2)35-16-8-6-13-32(35)33-24-21-28(26-36(33)40)25-27-19-22-29(23-20-27)31-15-10-18-38-39(31)34-14-7-9-17-37(34)41(38)30-11-4-3-5-12-30/h3-24,26H,25H2,1-2H3. The van der Waals surface area contributed by atoms with E-state index in [-0.39, 0.29) is 5.41 Å². The smallest absolute Gasteiger partial charge is 0.0547 e. The molecular weight excluding hydrogens is 494 g/mol. The molecule has 0 fully saturated rings. The lowest BCUT2D eigenvalue weighted by molar-refractivity contribution is 0.659. The summed E-state index contributed by atoms with van der Waals surface area (Å²) in [6.45, 7) is 4.71. The second-order valence-electron chi connectivity index (χ2n) is 11.8. The highest BCUT2D eigenvalue weighted by molar-refractivity contribution is 6.15. The van der Waals surface area contributed by atoms with Gasteiger partial charge in [-0.2, -0.15) is 0 Å². The van der Waals surface area contributed by atoms with Gasteiger partial charge in [-0.3, -0.25) is 0 Å². The summed E-state index contributed by atoms with van der Waals surface area (Å²) in [5, 5.41) is 2.59. The molecule has 0 amide bonds. The van der Waals surface area contributed by atoms with Crippen molar-refractivity contribution in [1.29, 1.82) is 0 Å². The molecule has 1 aliphatic carbocycles. The third-order valence-corrected chi connectivity index (χ3v) is 9.03. The van der Waals surface area contributed by atoms with E-state index < -0.39 is 0 Å². The highest BCUT2D eigenvalue weighted by Gasteiger charge is 2.35. The molecule has 7 aromatic rings. The average Bonchev–Trinajstić information content (AvgIpc) is 3.47. The van der Waals surface area contributed by atoms with Gasteiger partial charge >= 0.3 is 0 Å². The molecule has 1 heteroatoms. The second-order valence-corrected chi connectivity index (χ2v) is 11.8. The van der Waals surface area contributed by atoms with Gasteiger partial charge < -0.3 is 4.57 Å². The lowest BCUT2D eigenvalue weighted by Crippen LogP contribution is -2.15. The number of benzene rings is 6. The molecule has 0 aliphatic heterocycles. The summed E-state index contributed by atoms with van der Waals surface area (Å²) in [7, 11) is 0. The summed E-state index contributed by atoms with van der Waals surface area (Å²) in [5.41, 5.74) is 14.5. The van der Waals surface area contributed by atoms with Gasteiger partial charge in [0.05, 0.1) is 11.0 Å². The van der Waals surface area contributed by atoms with Crippen molar-refractivity contribution in [3.05, 3.63) is 162 Å². The molecule has 1 aliphatic rings. The van der Waals surface area contributed by atoms with Crippen molar-refractivity contribution in [2.24, 2.45) is 0 Å². The quantitative estimate of drug-likeness (QED) is 0.215. The van der Waals surface area contributed by atoms with Crippen LogP contribution in [-0.4, -0.2) is 4.57 Å². The maximum Gasteiger partial charge on any atom is 0.0547 e. The molecule has 8 rings (SSSR count). The Labute approximate surface area is 241 Å². The van der Waals surface area contributed by atoms with Gasteiger partial charge in [-0.25, -0.2) is 0 Å². The molecule has 0 saturated carbocycles. The molecule has 1 nitrogen and oxygen atoms in total. The minimum atomic E-state index is 0.0312. The fourth-order valence-electron chi connectivity index (χ4n) is 7.01. The Morgan fingerprint density at radius 2 is 1.17 bits per heavy atom. The minimum Gasteiger partial charge on any atom is -0.309 e. The predicted molar refractivity (Wildman–Crippen MR) is 173 cm³/mol. The van der Waals surface area contributed by atoms with E-state index in [1.807, 2.05) is 0 Å². The Morgan fingerprint density at radius 3 is 2.02 bits per heavy atom. The van der Waals surface area contributed by atoms with E-state index in [2.05, 4.69) is 158 Å². The van der Waals surface area contributed by atoms with Gasteiger partial charge in [-0.15, -0.1) is 0 Å². The third-order valence-electron chi connectivity index (χ3n) is 9.03. The van der Waals surface area contributed by atoms with Gasteiger partial charge in [-0.1, -0.05) is 129 Å². The summed E-state index contributed by atoms with van der Waals surface area (Å²) in [5.74, 6) is 0. The maximum absolute atomic E-state index is 2.43. The van der Waals surface area contributed by atoms with Crippen LogP contribution in [0.1, 0.15) is 36.1 Å². The van der Waals surface area contributed by atoms with Crippen molar-refractivity contribution in [1.82, 2.24) is 4.57 Å². The number of hydrogen-bond donors (Lipinski definition) is 0. The van der Waals surface area contributed by atoms with Crippen LogP contribution in [0.2, 0.25) is 0 Å². The lowest BCUT2D eigenvalue weighted by atomic mass is 9.81. The van der Waals surface area contributed by atoms with Crippen molar-refractivity contribution in [2.75, 3.05) is 0 Å². The zero-order chi connectivity index (χ0) is 27.6. The highest BCUT2D eigenvalue weighted by Crippen LogP contribution is 2.48. The maximum atomic E-state index is 2.43. The first-order chi connectivity index (χ1) is 20.1. The zero-order valence-corrected chi connectivity index (χ0v) is 23.4. The van der Waals surface area contributed by atoms with Crippen LogP contribution in [0.4, 0.5) is 0 Å². The Kier molecular flexibility index (Phi) is 5.30. The molecule has 0 spiro atoms. The number of fused-ring (bicyclic) bond motifs is 6. The fourth-order valence-corrected chi connectivity index (χ4v) is 7.01. The molecule has 1 heterocycles. The van der Waals surface area contributed by atoms with Gasteiger partial charge in [0.2, 0.25) is 0 Å². The third kappa shape index (κ3) is 3.69. The number of rotatable bonds is 4. The minimum absolute atomic E-state index is 0.0312. The number of hydrogen-bond acceptors (Lipinski definition) is 0. The van der Waals surface area contributed by atoms with Crippen LogP contribution in [0, 0.1) is 0 Å². The molecule has 0 atom stereocenters. The van der Waals surface area contributed by atoms with E-state index in [1.54, 1.807) is 0 Å². The SMILES string of the molecule is CC1(C)c2ccccc2-c2ccc(Cc3ccc(-c4cccc5c4c4ccccc4n5-c4ccccc4)cc3)cc21. The van der Waals surface area contributed by atoms with Gasteiger partial charge in [0.1, 0.15) is 0 Å². The number of nitrogens with zero attached hydrogens (tertiary/aromatic N) is 1. The van der Waals surface area contributed by atoms with Crippen LogP contribution in [0.25, 0.3) is 49.7 Å². The van der Waals surface area contributed by atoms with Crippen molar-refractivity contribution in [2.45, 2.75) is 25.7 Å². The van der Waals surface area contributed by atoms with Gasteiger partial charge in [0, 0.05) is 21.9 Å². The zero-order valence-electron chi connectivity index (χ0n) is 23.4. The van der Waals surface area contributed by atoms with Crippen molar-refractivity contribution >= 4 is 21.8 Å². The monoisotopic (exact) mass is 525 g/mol. The van der Waals surface area contributed by atoms with E-state index in [0.29, 0.717) is 0 Å². The molecule has 196 valence electrons. The van der Waals surface area contributed by atoms with Crippen LogP contribution in [0.5, 0.6) is 0 Å². The Bertz CT molecular complexity index is 2070. The summed E-state index contributed by atoms with van der Waals surface area (Å²) < 4.78 is 2.39. The summed E-state index contributed by atoms with van der Waals surface area (Å²) >= 11 is 0. The molecule has 0 bridgehead atoms. The molecule has 41 heavy (non-hydrogen) atoms. The van der Waals surface area contributed by atoms with Crippen molar-refractivity contribution < 1.29 is 0 Å². The Morgan fingerprint density at radius 1 is 0.512 bits per heavy atom. The van der Waals surface area contributed by atoms with Crippen LogP contribution < -0.4 is 0 Å². The van der Waals surface area contributed by atoms with E-state index in [4.69, 9.17) is 0 Å². The molecule has 0 unspecified atom stereocenters. The molecule has 0 saturated heterocycles. The topological polar surface area (TPSA) is 4.93 Å². The van der Waals surface area contributed by atoms with Crippen LogP contribution in [0.15, 0.2) is 140 Å². The number of para-hydroxylation sites is 2. The normalized spacial score (nSPS) is 13.4. The van der Waals surface area contributed by atoms with Gasteiger partial charge in [0.15, 0.2) is 0 Å². The fraction of sp³-hybridized carbons (Fsp3) is 0.100. The van der Waals surface area contributed by atoms with Gasteiger partial charge in [0.25, 0.3) is 0 Å². The molecule has 1 aromatic heterocycles. The average molecular weight is 526 g/mol. The van der Waals surface area contributed by atoms with Crippen LogP contribution >= 0.6 is 0 Å². The Hall–Kier alpha value is -4.88. The van der Waals surface area contributed by atoms with Crippen molar-refractivity contribution in [3.63, 3.8) is 0 Å². The first-order valence-electron chi connectivity index (χ1n) is 14.5. The summed E-state index contributed by atoms with van der Waals surface area (Å²) in [6.07, 6.45) is 0.928. The predicted octanol–water partition coefficient (Wildman–Crippen LogP) is 10.3. The molecular formula is C40H31N. The lowest BCUT2D eigenvalue weighted by Gasteiger charge is -2.22. The molecule has 0 radical (unpaired) electrons. The van der Waals surface area contributed by atoms with E-state index >= 15 is 0 Å². The van der Waals surface area contributed by atoms with Crippen LogP contribution in [0.3, 0.4) is 0 Å². The van der Waals surface area contributed by atoms with Crippen LogP contribution in [-0.2, 0) is 11.8 Å². The number of aromatic nitrogens is 1. The van der Waals surface area contributed by atoms with Crippen molar-refractivity contribution in [3.8, 4) is 27.9 Å². The van der Waals surface area contributed by atoms with E-state index in [1.165, 1.54) is 72.0 Å².